The molecule has 5 nitrogen and oxygen atoms in total. The maximum Gasteiger partial charge on any atom is 0.422 e. The van der Waals surface area contributed by atoms with Gasteiger partial charge in [-0.15, -0.1) is 24.0 Å². The monoisotopic (exact) mass is 514 g/mol. The fourth-order valence-corrected chi connectivity index (χ4v) is 2.93. The zero-order valence-electron chi connectivity index (χ0n) is 16.2. The zero-order valence-corrected chi connectivity index (χ0v) is 18.6. The van der Waals surface area contributed by atoms with Gasteiger partial charge < -0.3 is 20.3 Å². The van der Waals surface area contributed by atoms with Gasteiger partial charge in [0.1, 0.15) is 5.75 Å². The predicted octanol–water partition coefficient (Wildman–Crippen LogP) is 3.79. The molecule has 1 heterocycles. The third kappa shape index (κ3) is 10.4. The molecule has 1 aromatic carbocycles. The van der Waals surface area contributed by atoms with Crippen molar-refractivity contribution in [3.05, 3.63) is 29.8 Å². The van der Waals surface area contributed by atoms with E-state index in [1.165, 1.54) is 25.3 Å². The Morgan fingerprint density at radius 1 is 1.18 bits per heavy atom. The molecule has 160 valence electrons. The second-order valence-corrected chi connectivity index (χ2v) is 6.58. The molecular formula is C19H30F3IN4O. The fraction of sp³-hybridized carbons (Fsp3) is 0.632. The molecular weight excluding hydrogens is 484 g/mol. The fourth-order valence-electron chi connectivity index (χ4n) is 2.93. The molecule has 0 saturated carbocycles. The second-order valence-electron chi connectivity index (χ2n) is 6.58. The summed E-state index contributed by atoms with van der Waals surface area (Å²) in [5.74, 6) is 0.902. The first-order chi connectivity index (χ1) is 13.0. The third-order valence-electron chi connectivity index (χ3n) is 4.23. The summed E-state index contributed by atoms with van der Waals surface area (Å²) in [7, 11) is 0. The average molecular weight is 514 g/mol. The number of piperidine rings is 1. The highest BCUT2D eigenvalue weighted by Gasteiger charge is 2.28. The van der Waals surface area contributed by atoms with E-state index >= 15 is 0 Å². The predicted molar refractivity (Wildman–Crippen MR) is 117 cm³/mol. The summed E-state index contributed by atoms with van der Waals surface area (Å²) >= 11 is 0. The number of hydrogen-bond acceptors (Lipinski definition) is 3. The Balaban J connectivity index is 0.00000392. The largest absolute Gasteiger partial charge is 0.484 e. The van der Waals surface area contributed by atoms with Crippen LogP contribution in [0.3, 0.4) is 0 Å². The molecule has 2 rings (SSSR count). The number of halogens is 4. The number of rotatable bonds is 8. The summed E-state index contributed by atoms with van der Waals surface area (Å²) in [6.07, 6.45) is -0.494. The van der Waals surface area contributed by atoms with Crippen LogP contribution in [-0.2, 0) is 6.54 Å². The quantitative estimate of drug-likeness (QED) is 0.315. The molecule has 0 amide bonds. The van der Waals surface area contributed by atoms with Crippen LogP contribution < -0.4 is 15.4 Å². The van der Waals surface area contributed by atoms with Gasteiger partial charge in [-0.1, -0.05) is 18.6 Å². The Morgan fingerprint density at radius 3 is 2.61 bits per heavy atom. The lowest BCUT2D eigenvalue weighted by atomic mass is 10.1. The lowest BCUT2D eigenvalue weighted by Gasteiger charge is -2.26. The molecule has 2 N–H and O–H groups in total. The Labute approximate surface area is 182 Å². The second kappa shape index (κ2) is 13.1. The van der Waals surface area contributed by atoms with Crippen molar-refractivity contribution in [3.63, 3.8) is 0 Å². The van der Waals surface area contributed by atoms with Crippen LogP contribution >= 0.6 is 24.0 Å². The van der Waals surface area contributed by atoms with Gasteiger partial charge in [0.25, 0.3) is 0 Å². The van der Waals surface area contributed by atoms with Crippen molar-refractivity contribution >= 4 is 29.9 Å². The molecule has 1 aromatic rings. The normalized spacial score (nSPS) is 15.6. The van der Waals surface area contributed by atoms with E-state index in [9.17, 15) is 13.2 Å². The van der Waals surface area contributed by atoms with Crippen LogP contribution in [0.5, 0.6) is 5.75 Å². The van der Waals surface area contributed by atoms with Gasteiger partial charge in [-0.2, -0.15) is 13.2 Å². The minimum absolute atomic E-state index is 0. The zero-order chi connectivity index (χ0) is 19.5. The van der Waals surface area contributed by atoms with E-state index in [-0.39, 0.29) is 29.7 Å². The van der Waals surface area contributed by atoms with E-state index in [1.54, 1.807) is 12.1 Å². The van der Waals surface area contributed by atoms with Gasteiger partial charge in [0.2, 0.25) is 0 Å². The summed E-state index contributed by atoms with van der Waals surface area (Å²) in [5, 5.41) is 6.51. The van der Waals surface area contributed by atoms with Crippen LogP contribution in [0.2, 0.25) is 0 Å². The van der Waals surface area contributed by atoms with Crippen LogP contribution in [0.25, 0.3) is 0 Å². The number of ether oxygens (including phenoxy) is 1. The highest BCUT2D eigenvalue weighted by Crippen LogP contribution is 2.19. The van der Waals surface area contributed by atoms with Crippen LogP contribution in [0.1, 0.15) is 31.7 Å². The standard InChI is InChI=1S/C19H29F3N4O.HI/c1-2-23-18(24-9-12-26-10-4-3-5-11-26)25-14-16-7-6-8-17(13-16)27-15-19(20,21)22;/h6-8,13H,2-5,9-12,14-15H2,1H3,(H2,23,24,25);1H. The van der Waals surface area contributed by atoms with Crippen molar-refractivity contribution < 1.29 is 17.9 Å². The van der Waals surface area contributed by atoms with Crippen LogP contribution in [0.4, 0.5) is 13.2 Å². The van der Waals surface area contributed by atoms with Crippen molar-refractivity contribution in [2.75, 3.05) is 39.3 Å². The summed E-state index contributed by atoms with van der Waals surface area (Å²) in [6, 6.07) is 6.60. The number of guanidine groups is 1. The lowest BCUT2D eigenvalue weighted by molar-refractivity contribution is -0.153. The van der Waals surface area contributed by atoms with Gasteiger partial charge in [-0.3, -0.25) is 0 Å². The molecule has 1 saturated heterocycles. The number of hydrogen-bond donors (Lipinski definition) is 2. The number of nitrogens with one attached hydrogen (secondary N) is 2. The van der Waals surface area contributed by atoms with Gasteiger partial charge in [0.15, 0.2) is 12.6 Å². The Kier molecular flexibility index (Phi) is 11.6. The number of likely N-dealkylation sites (tertiary alicyclic amines) is 1. The van der Waals surface area contributed by atoms with Crippen molar-refractivity contribution in [2.45, 2.75) is 38.9 Å². The number of aliphatic imine (C=N–C) groups is 1. The number of nitrogens with zero attached hydrogens (tertiary/aromatic N) is 2. The Morgan fingerprint density at radius 2 is 1.93 bits per heavy atom. The Bertz CT molecular complexity index is 593. The molecule has 0 radical (unpaired) electrons. The van der Waals surface area contributed by atoms with Gasteiger partial charge in [-0.05, 0) is 50.6 Å². The maximum atomic E-state index is 12.3. The van der Waals surface area contributed by atoms with E-state index in [1.807, 2.05) is 13.0 Å². The minimum Gasteiger partial charge on any atom is -0.484 e. The van der Waals surface area contributed by atoms with Gasteiger partial charge >= 0.3 is 6.18 Å². The molecule has 28 heavy (non-hydrogen) atoms. The molecule has 0 unspecified atom stereocenters. The molecule has 1 fully saturated rings. The van der Waals surface area contributed by atoms with Crippen molar-refractivity contribution in [1.82, 2.24) is 15.5 Å². The Hall–Kier alpha value is -1.23. The first-order valence-corrected chi connectivity index (χ1v) is 9.49. The van der Waals surface area contributed by atoms with E-state index in [4.69, 9.17) is 4.74 Å². The van der Waals surface area contributed by atoms with Crippen LogP contribution in [0.15, 0.2) is 29.3 Å². The molecule has 0 aliphatic carbocycles. The summed E-state index contributed by atoms with van der Waals surface area (Å²) in [4.78, 5) is 6.96. The highest BCUT2D eigenvalue weighted by atomic mass is 127. The van der Waals surface area contributed by atoms with Crippen molar-refractivity contribution in [1.29, 1.82) is 0 Å². The van der Waals surface area contributed by atoms with E-state index < -0.39 is 12.8 Å². The summed E-state index contributed by atoms with van der Waals surface area (Å²) in [6.45, 7) is 5.90. The van der Waals surface area contributed by atoms with Gasteiger partial charge in [0, 0.05) is 19.6 Å². The average Bonchev–Trinajstić information content (AvgIpc) is 2.65. The minimum atomic E-state index is -4.34. The summed E-state index contributed by atoms with van der Waals surface area (Å²) < 4.78 is 41.6. The molecule has 0 bridgehead atoms. The number of alkyl halides is 3. The van der Waals surface area contributed by atoms with Crippen LogP contribution in [-0.4, -0.2) is 56.4 Å². The lowest BCUT2D eigenvalue weighted by Crippen LogP contribution is -2.42. The molecule has 9 heteroatoms. The number of benzene rings is 1. The van der Waals surface area contributed by atoms with Crippen molar-refractivity contribution in [2.24, 2.45) is 4.99 Å². The molecule has 0 spiro atoms. The summed E-state index contributed by atoms with van der Waals surface area (Å²) in [5.41, 5.74) is 0.794. The van der Waals surface area contributed by atoms with E-state index in [2.05, 4.69) is 20.5 Å². The molecule has 0 aromatic heterocycles. The SMILES string of the molecule is CCNC(=NCc1cccc(OCC(F)(F)F)c1)NCCN1CCCCC1.I. The molecule has 1 aliphatic heterocycles. The van der Waals surface area contributed by atoms with Crippen LogP contribution in [0, 0.1) is 0 Å². The first kappa shape index (κ1) is 24.8. The molecule has 0 atom stereocenters. The topological polar surface area (TPSA) is 48.9 Å². The maximum absolute atomic E-state index is 12.3. The first-order valence-electron chi connectivity index (χ1n) is 9.49. The van der Waals surface area contributed by atoms with Gasteiger partial charge in [0.05, 0.1) is 6.54 Å². The smallest absolute Gasteiger partial charge is 0.422 e. The van der Waals surface area contributed by atoms with Crippen molar-refractivity contribution in [3.8, 4) is 5.75 Å². The van der Waals surface area contributed by atoms with E-state index in [0.717, 1.165) is 38.3 Å². The molecule has 1 aliphatic rings. The van der Waals surface area contributed by atoms with Gasteiger partial charge in [-0.25, -0.2) is 4.99 Å². The highest BCUT2D eigenvalue weighted by molar-refractivity contribution is 14.0. The third-order valence-corrected chi connectivity index (χ3v) is 4.23. The van der Waals surface area contributed by atoms with E-state index in [0.29, 0.717) is 12.5 Å².